The molecule has 0 radical (unpaired) electrons. The molecule has 0 aliphatic heterocycles. The molecule has 2 aromatic heterocycles. The molecule has 670 valence electrons. The molecule has 0 aliphatic rings. The number of aromatic nitrogens is 4. The van der Waals surface area contributed by atoms with Crippen molar-refractivity contribution in [3.05, 3.63) is 66.3 Å². The highest BCUT2D eigenvalue weighted by Gasteiger charge is 2.38. The van der Waals surface area contributed by atoms with Crippen LogP contribution in [0.2, 0.25) is 0 Å². The summed E-state index contributed by atoms with van der Waals surface area (Å²) in [7, 11) is 0. The number of carboxylic acids is 1. The van der Waals surface area contributed by atoms with Crippen molar-refractivity contribution in [3.63, 3.8) is 0 Å². The van der Waals surface area contributed by atoms with Gasteiger partial charge in [-0.25, -0.2) is 9.97 Å². The summed E-state index contributed by atoms with van der Waals surface area (Å²) >= 11 is 0. The Morgan fingerprint density at radius 1 is 0.380 bits per heavy atom. The van der Waals surface area contributed by atoms with Crippen LogP contribution in [0.3, 0.4) is 0 Å². The molecule has 3 aromatic rings. The van der Waals surface area contributed by atoms with Crippen molar-refractivity contribution in [3.8, 4) is 5.75 Å². The number of nitrogens with one attached hydrogen (secondary N) is 18. The molecular formula is C76H119N23O22. The van der Waals surface area contributed by atoms with E-state index >= 15 is 0 Å². The number of benzene rings is 1. The summed E-state index contributed by atoms with van der Waals surface area (Å²) in [5, 5.41) is 68.3. The number of carbonyl (C=O) groups excluding carboxylic acids is 18. The van der Waals surface area contributed by atoms with Crippen molar-refractivity contribution >= 4 is 112 Å². The minimum atomic E-state index is -1.80. The highest BCUT2D eigenvalue weighted by molar-refractivity contribution is 6.01. The van der Waals surface area contributed by atoms with Gasteiger partial charge in [0.25, 0.3) is 0 Å². The van der Waals surface area contributed by atoms with Crippen molar-refractivity contribution in [1.29, 1.82) is 0 Å². The number of H-pyrrole nitrogens is 2. The SMILES string of the molecule is CC(C)C[C@H](NC(=O)[C@@H](NC(=O)[C@H](CC(C)C)NC(=O)[C@H](C)NC(=O)CNC(=O)[C@H](C)NC(=O)[C@H](C)NC(=O)[C@H](Cc1cnc[nH]1)NC(=O)[C@H](CC(N)=O)NC(=O)CNC(=O)[C@H](C)NC(=O)CNC(=O)[C@H](Cc1cnc[nH]1)NC(=O)[C@H](CC(C)C)NC(=O)[C@H](CC(C)C)NC(=O)[C@H](CCC(=O)O)NC(=O)[C@@H](N)Cc1ccc(O)cc1)[C@@H](C)O)C(N)=O. The van der Waals surface area contributed by atoms with Crippen molar-refractivity contribution in [2.45, 2.75) is 245 Å². The number of aromatic hydroxyl groups is 1. The lowest BCUT2D eigenvalue weighted by Crippen LogP contribution is -2.60. The molecule has 15 atom stereocenters. The summed E-state index contributed by atoms with van der Waals surface area (Å²) in [6.07, 6.45) is 1.51. The second-order valence-electron chi connectivity index (χ2n) is 31.0. The molecule has 121 heavy (non-hydrogen) atoms. The van der Waals surface area contributed by atoms with Crippen LogP contribution in [0.1, 0.15) is 152 Å². The molecule has 0 spiro atoms. The van der Waals surface area contributed by atoms with Gasteiger partial charge in [-0.3, -0.25) is 91.1 Å². The minimum Gasteiger partial charge on any atom is -0.508 e. The first kappa shape index (κ1) is 102. The molecular weight excluding hydrogens is 1590 g/mol. The van der Waals surface area contributed by atoms with Gasteiger partial charge in [-0.05, 0) is 115 Å². The van der Waals surface area contributed by atoms with Crippen molar-refractivity contribution in [2.24, 2.45) is 40.9 Å². The zero-order valence-electron chi connectivity index (χ0n) is 70.0. The molecule has 18 amide bonds. The summed E-state index contributed by atoms with van der Waals surface area (Å²) in [4.78, 5) is 266. The molecule has 45 nitrogen and oxygen atoms in total. The summed E-state index contributed by atoms with van der Waals surface area (Å²) < 4.78 is 0. The van der Waals surface area contributed by atoms with Gasteiger partial charge in [0.2, 0.25) is 106 Å². The van der Waals surface area contributed by atoms with Gasteiger partial charge >= 0.3 is 5.97 Å². The number of carboxylic acid groups (broad SMARTS) is 1. The fourth-order valence-electron chi connectivity index (χ4n) is 11.7. The third-order valence-corrected chi connectivity index (χ3v) is 18.1. The van der Waals surface area contributed by atoms with E-state index in [-0.39, 0.29) is 80.1 Å². The maximum atomic E-state index is 14.3. The van der Waals surface area contributed by atoms with Gasteiger partial charge in [-0.15, -0.1) is 0 Å². The Bertz CT molecular complexity index is 4050. The lowest BCUT2D eigenvalue weighted by atomic mass is 9.99. The number of nitrogens with two attached hydrogens (primary N) is 3. The molecule has 0 saturated carbocycles. The summed E-state index contributed by atoms with van der Waals surface area (Å²) in [6.45, 7) is 17.8. The topological polar surface area (TPSA) is 713 Å². The van der Waals surface area contributed by atoms with Crippen LogP contribution >= 0.6 is 0 Å². The monoisotopic (exact) mass is 1710 g/mol. The van der Waals surface area contributed by atoms with Crippen molar-refractivity contribution in [2.75, 3.05) is 19.6 Å². The van der Waals surface area contributed by atoms with Crippen LogP contribution < -0.4 is 102 Å². The van der Waals surface area contributed by atoms with Crippen LogP contribution in [-0.2, 0) is 110 Å². The van der Waals surface area contributed by atoms with Gasteiger partial charge in [0, 0.05) is 43.0 Å². The van der Waals surface area contributed by atoms with E-state index in [2.05, 4.69) is 105 Å². The van der Waals surface area contributed by atoms with Gasteiger partial charge in [0.05, 0.1) is 50.9 Å². The second kappa shape index (κ2) is 50.9. The first-order valence-electron chi connectivity index (χ1n) is 39.3. The van der Waals surface area contributed by atoms with Crippen molar-refractivity contribution < 1.29 is 106 Å². The number of carbonyl (C=O) groups is 19. The lowest BCUT2D eigenvalue weighted by Gasteiger charge is -2.28. The van der Waals surface area contributed by atoms with Gasteiger partial charge in [-0.2, -0.15) is 0 Å². The third kappa shape index (κ3) is 38.7. The zero-order valence-corrected chi connectivity index (χ0v) is 70.0. The summed E-state index contributed by atoms with van der Waals surface area (Å²) in [5.74, 6) is -19.0. The number of aliphatic hydroxyl groups excluding tert-OH is 1. The summed E-state index contributed by atoms with van der Waals surface area (Å²) in [5.41, 5.74) is 18.2. The number of amides is 18. The minimum absolute atomic E-state index is 0.00700. The van der Waals surface area contributed by atoms with E-state index in [4.69, 9.17) is 17.2 Å². The van der Waals surface area contributed by atoms with Crippen LogP contribution in [0, 0.1) is 23.7 Å². The molecule has 27 N–H and O–H groups in total. The van der Waals surface area contributed by atoms with E-state index in [0.717, 1.165) is 0 Å². The Hall–Kier alpha value is -12.7. The number of phenols is 1. The predicted octanol–water partition coefficient (Wildman–Crippen LogP) is -7.29. The number of nitrogens with zero attached hydrogens (tertiary/aromatic N) is 2. The Kier molecular flexibility index (Phi) is 43.1. The predicted molar refractivity (Wildman–Crippen MR) is 431 cm³/mol. The second-order valence-corrected chi connectivity index (χ2v) is 31.0. The van der Waals surface area contributed by atoms with E-state index in [1.165, 1.54) is 83.9 Å². The number of aliphatic carboxylic acids is 1. The van der Waals surface area contributed by atoms with E-state index in [9.17, 15) is 106 Å². The Balaban J connectivity index is 1.62. The number of primary amides is 2. The molecule has 2 heterocycles. The largest absolute Gasteiger partial charge is 0.508 e. The van der Waals surface area contributed by atoms with Crippen LogP contribution in [0.15, 0.2) is 49.3 Å². The van der Waals surface area contributed by atoms with Gasteiger partial charge < -0.3 is 128 Å². The van der Waals surface area contributed by atoms with E-state index in [1.807, 2.05) is 0 Å². The maximum Gasteiger partial charge on any atom is 0.303 e. The van der Waals surface area contributed by atoms with Gasteiger partial charge in [0.1, 0.15) is 84.3 Å². The Morgan fingerprint density at radius 2 is 0.727 bits per heavy atom. The van der Waals surface area contributed by atoms with E-state index < -0.39 is 242 Å². The highest BCUT2D eigenvalue weighted by atomic mass is 16.4. The number of aromatic amines is 2. The fourth-order valence-corrected chi connectivity index (χ4v) is 11.7. The number of phenolic OH excluding ortho intramolecular Hbond substituents is 1. The number of hydrogen-bond acceptors (Lipinski definition) is 24. The quantitative estimate of drug-likeness (QED) is 0.0250. The zero-order chi connectivity index (χ0) is 91.2. The maximum absolute atomic E-state index is 14.3. The summed E-state index contributed by atoms with van der Waals surface area (Å²) in [6, 6.07) is -13.9. The molecule has 0 bridgehead atoms. The van der Waals surface area contributed by atoms with Crippen LogP contribution in [0.5, 0.6) is 5.75 Å². The molecule has 45 heteroatoms. The normalized spacial score (nSPS) is 14.9. The number of imidazole rings is 2. The third-order valence-electron chi connectivity index (χ3n) is 18.1. The van der Waals surface area contributed by atoms with Crippen LogP contribution in [0.25, 0.3) is 0 Å². The van der Waals surface area contributed by atoms with Gasteiger partial charge in [0.15, 0.2) is 0 Å². The van der Waals surface area contributed by atoms with E-state index in [1.54, 1.807) is 55.4 Å². The molecule has 0 saturated heterocycles. The average molecular weight is 1710 g/mol. The molecule has 0 aliphatic carbocycles. The smallest absolute Gasteiger partial charge is 0.303 e. The number of hydrogen-bond donors (Lipinski definition) is 24. The molecule has 0 unspecified atom stereocenters. The first-order chi connectivity index (χ1) is 56.6. The van der Waals surface area contributed by atoms with Crippen LogP contribution in [-0.4, -0.2) is 258 Å². The van der Waals surface area contributed by atoms with Gasteiger partial charge in [-0.1, -0.05) is 67.5 Å². The molecule has 0 fully saturated rings. The fraction of sp³-hybridized carbons (Fsp3) is 0.592. The Morgan fingerprint density at radius 3 is 1.16 bits per heavy atom. The molecule has 1 aromatic carbocycles. The average Bonchev–Trinajstić information content (AvgIpc) is 1.78. The standard InChI is InChI=1S/C76H119N23O22/c1-35(2)20-50(63(79)108)93-76(121)62(43(13)100)99-75(120)53(23-38(7)8)94-67(112)41(11)88-58(103)30-82-65(110)40(10)89-66(111)42(12)90-71(116)55(26-46-29-81-34-86-46)98-74(119)56(27-57(78)102)91-60(105)32-83-64(109)39(9)87-59(104)31-84-69(114)54(25-45-28-80-33-85-45)97-73(118)52(22-37(5)6)96-72(117)51(21-36(3)4)95-70(115)49(18-19-61(106)107)92-68(113)48(77)24-44-14-16-47(101)17-15-44/h14-17,28-29,33-43,48-56,62,100-101H,18-27,30-32,77H2,1-13H3,(H2,78,102)(H2,79,108)(H,80,85)(H,81,86)(H,82,110)(H,83,109)(H,84,114)(H,87,104)(H,88,103)(H,89,111)(H,90,116)(H,91,105)(H,92,113)(H,93,121)(H,94,112)(H,95,115)(H,96,117)(H,97,118)(H,98,119)(H,99,120)(H,106,107)/t39-,40-,41-,42-,43+,48-,49-,50-,51-,52-,53-,54-,55-,56-,62-/m0/s1. The first-order valence-corrected chi connectivity index (χ1v) is 39.3. The number of rotatable bonds is 53. The van der Waals surface area contributed by atoms with E-state index in [0.29, 0.717) is 11.3 Å². The highest BCUT2D eigenvalue weighted by Crippen LogP contribution is 2.16. The number of aliphatic hydroxyl groups is 1. The van der Waals surface area contributed by atoms with Crippen LogP contribution in [0.4, 0.5) is 0 Å². The Labute approximate surface area is 698 Å². The lowest BCUT2D eigenvalue weighted by molar-refractivity contribution is -0.138. The molecule has 3 rings (SSSR count). The van der Waals surface area contributed by atoms with Crippen molar-refractivity contribution in [1.82, 2.24) is 105 Å².